The molecule has 2 N–H and O–H groups in total. The van der Waals surface area contributed by atoms with Gasteiger partial charge in [0.15, 0.2) is 6.61 Å². The molecule has 0 aliphatic rings. The summed E-state index contributed by atoms with van der Waals surface area (Å²) in [7, 11) is 0. The number of amides is 1. The number of halogens is 2. The number of likely N-dealkylation sites (N-methyl/N-ethyl adjacent to an activating group) is 1. The zero-order valence-electron chi connectivity index (χ0n) is 11.1. The van der Waals surface area contributed by atoms with Gasteiger partial charge in [-0.05, 0) is 63.0 Å². The van der Waals surface area contributed by atoms with Gasteiger partial charge in [-0.25, -0.2) is 0 Å². The monoisotopic (exact) mass is 392 g/mol. The van der Waals surface area contributed by atoms with Gasteiger partial charge in [-0.3, -0.25) is 4.79 Å². The van der Waals surface area contributed by atoms with E-state index in [1.54, 1.807) is 0 Å². The van der Waals surface area contributed by atoms with Crippen LogP contribution in [0.3, 0.4) is 0 Å². The lowest BCUT2D eigenvalue weighted by molar-refractivity contribution is -0.123. The highest BCUT2D eigenvalue weighted by molar-refractivity contribution is 9.11. The Labute approximate surface area is 130 Å². The molecule has 106 valence electrons. The molecule has 0 aliphatic carbocycles. The van der Waals surface area contributed by atoms with Crippen molar-refractivity contribution in [3.05, 3.63) is 26.6 Å². The van der Waals surface area contributed by atoms with Gasteiger partial charge in [0.25, 0.3) is 5.91 Å². The third kappa shape index (κ3) is 5.50. The Balaban J connectivity index is 2.71. The van der Waals surface area contributed by atoms with E-state index in [0.29, 0.717) is 12.3 Å². The fraction of sp³-hybridized carbons (Fsp3) is 0.462. The molecule has 6 heteroatoms. The maximum atomic E-state index is 11.4. The van der Waals surface area contributed by atoms with Crippen LogP contribution in [0.15, 0.2) is 21.1 Å². The van der Waals surface area contributed by atoms with Crippen LogP contribution in [0.4, 0.5) is 0 Å². The molecule has 0 aliphatic heterocycles. The van der Waals surface area contributed by atoms with Crippen molar-refractivity contribution in [2.24, 2.45) is 0 Å². The second-order valence-electron chi connectivity index (χ2n) is 3.91. The molecule has 0 radical (unpaired) electrons. The maximum Gasteiger partial charge on any atom is 0.257 e. The highest BCUT2D eigenvalue weighted by Gasteiger charge is 2.10. The molecular formula is C13H18Br2N2O2. The molecule has 0 atom stereocenters. The van der Waals surface area contributed by atoms with E-state index in [1.807, 2.05) is 19.1 Å². The first-order valence-corrected chi connectivity index (χ1v) is 7.75. The summed E-state index contributed by atoms with van der Waals surface area (Å²) < 4.78 is 7.18. The summed E-state index contributed by atoms with van der Waals surface area (Å²) in [6, 6.07) is 3.97. The summed E-state index contributed by atoms with van der Waals surface area (Å²) in [6.45, 7) is 6.27. The quantitative estimate of drug-likeness (QED) is 0.748. The highest BCUT2D eigenvalue weighted by Crippen LogP contribution is 2.34. The van der Waals surface area contributed by atoms with Crippen molar-refractivity contribution in [3.8, 4) is 5.75 Å². The van der Waals surface area contributed by atoms with Gasteiger partial charge in [-0.15, -0.1) is 0 Å². The number of hydrogen-bond acceptors (Lipinski definition) is 3. The van der Waals surface area contributed by atoms with Crippen molar-refractivity contribution in [2.45, 2.75) is 20.4 Å². The second kappa shape index (κ2) is 8.55. The van der Waals surface area contributed by atoms with Crippen LogP contribution in [0.1, 0.15) is 19.4 Å². The van der Waals surface area contributed by atoms with Crippen molar-refractivity contribution in [2.75, 3.05) is 19.7 Å². The number of ether oxygens (including phenoxy) is 1. The minimum Gasteiger partial charge on any atom is -0.481 e. The molecular weight excluding hydrogens is 376 g/mol. The highest BCUT2D eigenvalue weighted by atomic mass is 79.9. The lowest BCUT2D eigenvalue weighted by atomic mass is 10.2. The minimum atomic E-state index is -0.127. The Hall–Kier alpha value is -0.590. The third-order valence-electron chi connectivity index (χ3n) is 2.36. The van der Waals surface area contributed by atoms with Gasteiger partial charge in [-0.1, -0.05) is 6.92 Å². The summed E-state index contributed by atoms with van der Waals surface area (Å²) in [5.41, 5.74) is 1.14. The van der Waals surface area contributed by atoms with E-state index in [4.69, 9.17) is 4.74 Å². The number of benzene rings is 1. The van der Waals surface area contributed by atoms with Gasteiger partial charge in [0.05, 0.1) is 8.95 Å². The molecule has 0 saturated heterocycles. The predicted molar refractivity (Wildman–Crippen MR) is 83.4 cm³/mol. The molecule has 0 bridgehead atoms. The summed E-state index contributed by atoms with van der Waals surface area (Å²) in [5, 5.41) is 5.95. The molecule has 0 saturated carbocycles. The van der Waals surface area contributed by atoms with E-state index in [-0.39, 0.29) is 12.5 Å². The van der Waals surface area contributed by atoms with Gasteiger partial charge in [-0.2, -0.15) is 0 Å². The van der Waals surface area contributed by atoms with Crippen molar-refractivity contribution in [1.82, 2.24) is 10.6 Å². The van der Waals surface area contributed by atoms with Gasteiger partial charge in [0, 0.05) is 13.1 Å². The van der Waals surface area contributed by atoms with Gasteiger partial charge < -0.3 is 15.4 Å². The maximum absolute atomic E-state index is 11.4. The van der Waals surface area contributed by atoms with Crippen LogP contribution in [0, 0.1) is 0 Å². The first-order chi connectivity index (χ1) is 9.08. The largest absolute Gasteiger partial charge is 0.481 e. The fourth-order valence-electron chi connectivity index (χ4n) is 1.51. The molecule has 0 fully saturated rings. The van der Waals surface area contributed by atoms with E-state index >= 15 is 0 Å². The molecule has 1 amide bonds. The standard InChI is InChI=1S/C13H18Br2N2O2/c1-3-16-7-9-5-10(14)13(11(15)6-9)19-8-12(18)17-4-2/h5-6,16H,3-4,7-8H2,1-2H3,(H,17,18). The zero-order chi connectivity index (χ0) is 14.3. The van der Waals surface area contributed by atoms with Gasteiger partial charge >= 0.3 is 0 Å². The van der Waals surface area contributed by atoms with Crippen LogP contribution in [-0.4, -0.2) is 25.6 Å². The van der Waals surface area contributed by atoms with Crippen molar-refractivity contribution in [1.29, 1.82) is 0 Å². The lowest BCUT2D eigenvalue weighted by Crippen LogP contribution is -2.28. The van der Waals surface area contributed by atoms with E-state index in [1.165, 1.54) is 0 Å². The Morgan fingerprint density at radius 2 is 1.84 bits per heavy atom. The van der Waals surface area contributed by atoms with Crippen molar-refractivity contribution >= 4 is 37.8 Å². The Morgan fingerprint density at radius 1 is 1.21 bits per heavy atom. The Morgan fingerprint density at radius 3 is 2.37 bits per heavy atom. The van der Waals surface area contributed by atoms with Crippen LogP contribution in [-0.2, 0) is 11.3 Å². The van der Waals surface area contributed by atoms with Crippen LogP contribution >= 0.6 is 31.9 Å². The summed E-state index contributed by atoms with van der Waals surface area (Å²) in [4.78, 5) is 11.4. The molecule has 0 unspecified atom stereocenters. The normalized spacial score (nSPS) is 10.3. The van der Waals surface area contributed by atoms with Crippen LogP contribution in [0.5, 0.6) is 5.75 Å². The van der Waals surface area contributed by atoms with Crippen LogP contribution in [0.25, 0.3) is 0 Å². The molecule has 4 nitrogen and oxygen atoms in total. The topological polar surface area (TPSA) is 50.4 Å². The number of carbonyl (C=O) groups excluding carboxylic acids is 1. The lowest BCUT2D eigenvalue weighted by Gasteiger charge is -2.12. The second-order valence-corrected chi connectivity index (χ2v) is 5.62. The number of carbonyl (C=O) groups is 1. The number of nitrogens with one attached hydrogen (secondary N) is 2. The third-order valence-corrected chi connectivity index (χ3v) is 3.54. The minimum absolute atomic E-state index is 0.0115. The average molecular weight is 394 g/mol. The summed E-state index contributed by atoms with van der Waals surface area (Å²) in [5.74, 6) is 0.518. The van der Waals surface area contributed by atoms with Crippen LogP contribution < -0.4 is 15.4 Å². The Bertz CT molecular complexity index is 416. The molecule has 0 spiro atoms. The van der Waals surface area contributed by atoms with Crippen molar-refractivity contribution in [3.63, 3.8) is 0 Å². The molecule has 1 rings (SSSR count). The van der Waals surface area contributed by atoms with Crippen LogP contribution in [0.2, 0.25) is 0 Å². The smallest absolute Gasteiger partial charge is 0.257 e. The molecule has 0 aromatic heterocycles. The fourth-order valence-corrected chi connectivity index (χ4v) is 3.02. The van der Waals surface area contributed by atoms with Gasteiger partial charge in [0.2, 0.25) is 0 Å². The summed E-state index contributed by atoms with van der Waals surface area (Å²) in [6.07, 6.45) is 0. The van der Waals surface area contributed by atoms with E-state index < -0.39 is 0 Å². The SMILES string of the molecule is CCNCc1cc(Br)c(OCC(=O)NCC)c(Br)c1. The first-order valence-electron chi connectivity index (χ1n) is 6.16. The van der Waals surface area contributed by atoms with E-state index in [9.17, 15) is 4.79 Å². The zero-order valence-corrected chi connectivity index (χ0v) is 14.2. The van der Waals surface area contributed by atoms with E-state index in [0.717, 1.165) is 27.6 Å². The molecule has 1 aromatic rings. The van der Waals surface area contributed by atoms with Gasteiger partial charge in [0.1, 0.15) is 5.75 Å². The average Bonchev–Trinajstić information content (AvgIpc) is 2.35. The first kappa shape index (κ1) is 16.5. The molecule has 1 aromatic carbocycles. The number of rotatable bonds is 7. The van der Waals surface area contributed by atoms with Crippen molar-refractivity contribution < 1.29 is 9.53 Å². The van der Waals surface area contributed by atoms with E-state index in [2.05, 4.69) is 49.4 Å². The number of hydrogen-bond donors (Lipinski definition) is 2. The molecule has 19 heavy (non-hydrogen) atoms. The molecule has 0 heterocycles. The Kier molecular flexibility index (Phi) is 7.41. The predicted octanol–water partition coefficient (Wildman–Crippen LogP) is 2.84. The summed E-state index contributed by atoms with van der Waals surface area (Å²) >= 11 is 6.93.